The predicted molar refractivity (Wildman–Crippen MR) is 97.2 cm³/mol. The van der Waals surface area contributed by atoms with Crippen LogP contribution in [0.3, 0.4) is 0 Å². The molecule has 28 heavy (non-hydrogen) atoms. The number of rotatable bonds is 6. The Kier molecular flexibility index (Phi) is 5.68. The van der Waals surface area contributed by atoms with Gasteiger partial charge in [0.2, 0.25) is 6.10 Å². The largest absolute Gasteiger partial charge is 0.509 e. The van der Waals surface area contributed by atoms with Crippen LogP contribution in [0.4, 0.5) is 4.79 Å². The Hall–Kier alpha value is -2.12. The van der Waals surface area contributed by atoms with Gasteiger partial charge in [0.15, 0.2) is 11.9 Å². The van der Waals surface area contributed by atoms with Gasteiger partial charge < -0.3 is 19.5 Å². The normalized spacial score (nSPS) is 34.3. The number of Topliss-reactive ketones (excluding diaryl/α,β-unsaturated/α-hetero) is 1. The Morgan fingerprint density at radius 3 is 2.46 bits per heavy atom. The van der Waals surface area contributed by atoms with Gasteiger partial charge in [0.25, 0.3) is 5.91 Å². The Bertz CT molecular complexity index is 673. The number of ether oxygens (including phenoxy) is 3. The van der Waals surface area contributed by atoms with Crippen LogP contribution in [0.15, 0.2) is 0 Å². The van der Waals surface area contributed by atoms with Crippen molar-refractivity contribution in [3.05, 3.63) is 0 Å². The van der Waals surface area contributed by atoms with E-state index in [0.717, 1.165) is 19.3 Å². The van der Waals surface area contributed by atoms with Crippen LogP contribution in [0.2, 0.25) is 0 Å². The Morgan fingerprint density at radius 2 is 1.86 bits per heavy atom. The summed E-state index contributed by atoms with van der Waals surface area (Å²) in [6.45, 7) is 6.39. The van der Waals surface area contributed by atoms with Crippen LogP contribution in [0, 0.1) is 10.8 Å². The standard InChI is InChI=1S/C20H29NO7/c1-19(2)8-12(21-17(24)15-10-26-18(25)28-15)9-20(3,11-19)7-6-13(22)14-4-5-16(23)27-14/h12,14-15H,4-11H2,1-3H3,(H,21,24). The molecule has 2 heterocycles. The zero-order chi connectivity index (χ0) is 20.5. The molecule has 8 nitrogen and oxygen atoms in total. The van der Waals surface area contributed by atoms with E-state index in [1.807, 2.05) is 0 Å². The molecule has 0 aromatic carbocycles. The van der Waals surface area contributed by atoms with E-state index < -0.39 is 18.4 Å². The highest BCUT2D eigenvalue weighted by Crippen LogP contribution is 2.48. The molecular formula is C20H29NO7. The molecule has 4 unspecified atom stereocenters. The fourth-order valence-corrected chi connectivity index (χ4v) is 5.02. The number of hydrogen-bond acceptors (Lipinski definition) is 7. The number of esters is 1. The average molecular weight is 395 g/mol. The zero-order valence-electron chi connectivity index (χ0n) is 16.7. The van der Waals surface area contributed by atoms with Gasteiger partial charge in [-0.3, -0.25) is 14.4 Å². The number of cyclic esters (lactones) is 3. The van der Waals surface area contributed by atoms with E-state index in [2.05, 4.69) is 30.8 Å². The van der Waals surface area contributed by atoms with Crippen molar-refractivity contribution in [3.8, 4) is 0 Å². The lowest BCUT2D eigenvalue weighted by Gasteiger charge is -2.47. The molecule has 0 aromatic heterocycles. The number of carbonyl (C=O) groups is 4. The highest BCUT2D eigenvalue weighted by Gasteiger charge is 2.43. The summed E-state index contributed by atoms with van der Waals surface area (Å²) in [4.78, 5) is 47.1. The Balaban J connectivity index is 1.57. The summed E-state index contributed by atoms with van der Waals surface area (Å²) in [5.41, 5.74) is -0.127. The van der Waals surface area contributed by atoms with Crippen LogP contribution < -0.4 is 5.32 Å². The Morgan fingerprint density at radius 1 is 1.11 bits per heavy atom. The summed E-state index contributed by atoms with van der Waals surface area (Å²) in [6.07, 6.45) is 1.99. The van der Waals surface area contributed by atoms with Crippen molar-refractivity contribution in [1.29, 1.82) is 0 Å². The summed E-state index contributed by atoms with van der Waals surface area (Å²) in [5.74, 6) is -0.668. The summed E-state index contributed by atoms with van der Waals surface area (Å²) in [5, 5.41) is 2.99. The highest BCUT2D eigenvalue weighted by atomic mass is 16.8. The summed E-state index contributed by atoms with van der Waals surface area (Å²) < 4.78 is 14.6. The van der Waals surface area contributed by atoms with Crippen LogP contribution in [-0.2, 0) is 28.6 Å². The third kappa shape index (κ3) is 5.02. The molecule has 4 atom stereocenters. The molecule has 0 aromatic rings. The predicted octanol–water partition coefficient (Wildman–Crippen LogP) is 2.28. The molecule has 1 amide bonds. The van der Waals surface area contributed by atoms with Gasteiger partial charge in [0, 0.05) is 25.3 Å². The first-order chi connectivity index (χ1) is 13.1. The van der Waals surface area contributed by atoms with E-state index in [4.69, 9.17) is 9.47 Å². The molecule has 3 rings (SSSR count). The SMILES string of the molecule is CC1(C)CC(NC(=O)C2COC(=O)O2)CC(C)(CCC(=O)C2CCC(=O)O2)C1. The first-order valence-corrected chi connectivity index (χ1v) is 9.91. The van der Waals surface area contributed by atoms with E-state index in [0.29, 0.717) is 25.7 Å². The van der Waals surface area contributed by atoms with E-state index in [1.165, 1.54) is 0 Å². The smallest absolute Gasteiger partial charge is 0.454 e. The molecule has 2 saturated heterocycles. The second-order valence-corrected chi connectivity index (χ2v) is 9.42. The van der Waals surface area contributed by atoms with E-state index in [1.54, 1.807) is 0 Å². The van der Waals surface area contributed by atoms with Crippen molar-refractivity contribution in [2.24, 2.45) is 10.8 Å². The number of amides is 1. The van der Waals surface area contributed by atoms with E-state index in [9.17, 15) is 19.2 Å². The molecule has 156 valence electrons. The second kappa shape index (κ2) is 7.72. The van der Waals surface area contributed by atoms with Gasteiger partial charge in [-0.15, -0.1) is 0 Å². The second-order valence-electron chi connectivity index (χ2n) is 9.42. The molecule has 2 aliphatic heterocycles. The minimum atomic E-state index is -0.901. The lowest BCUT2D eigenvalue weighted by atomic mass is 9.61. The van der Waals surface area contributed by atoms with Crippen molar-refractivity contribution in [1.82, 2.24) is 5.32 Å². The van der Waals surface area contributed by atoms with Gasteiger partial charge in [-0.2, -0.15) is 0 Å². The number of ketones is 1. The van der Waals surface area contributed by atoms with E-state index >= 15 is 0 Å². The maximum Gasteiger partial charge on any atom is 0.509 e. The molecular weight excluding hydrogens is 366 g/mol. The molecule has 0 spiro atoms. The van der Waals surface area contributed by atoms with Crippen molar-refractivity contribution in [2.45, 2.75) is 84.0 Å². The van der Waals surface area contributed by atoms with Crippen molar-refractivity contribution >= 4 is 23.8 Å². The molecule has 1 aliphatic carbocycles. The van der Waals surface area contributed by atoms with Crippen LogP contribution in [0.5, 0.6) is 0 Å². The van der Waals surface area contributed by atoms with Gasteiger partial charge in [0.1, 0.15) is 6.61 Å². The molecule has 1 N–H and O–H groups in total. The highest BCUT2D eigenvalue weighted by molar-refractivity contribution is 5.88. The number of nitrogens with one attached hydrogen (secondary N) is 1. The van der Waals surface area contributed by atoms with Gasteiger partial charge in [-0.25, -0.2) is 4.79 Å². The lowest BCUT2D eigenvalue weighted by molar-refractivity contribution is -0.147. The van der Waals surface area contributed by atoms with Gasteiger partial charge in [-0.05, 0) is 36.5 Å². The minimum Gasteiger partial charge on any atom is -0.454 e. The number of carbonyl (C=O) groups excluding carboxylic acids is 4. The summed E-state index contributed by atoms with van der Waals surface area (Å²) >= 11 is 0. The van der Waals surface area contributed by atoms with Gasteiger partial charge in [0.05, 0.1) is 0 Å². The molecule has 8 heteroatoms. The third-order valence-corrected chi connectivity index (χ3v) is 5.89. The van der Waals surface area contributed by atoms with Gasteiger partial charge >= 0.3 is 12.1 Å². The minimum absolute atomic E-state index is 0.00330. The monoisotopic (exact) mass is 395 g/mol. The van der Waals surface area contributed by atoms with Crippen LogP contribution in [0.25, 0.3) is 0 Å². The fourth-order valence-electron chi connectivity index (χ4n) is 5.02. The third-order valence-electron chi connectivity index (χ3n) is 5.89. The first kappa shape index (κ1) is 20.6. The maximum absolute atomic E-state index is 12.4. The molecule has 3 aliphatic rings. The average Bonchev–Trinajstić information content (AvgIpc) is 3.19. The van der Waals surface area contributed by atoms with Crippen LogP contribution >= 0.6 is 0 Å². The maximum atomic E-state index is 12.4. The fraction of sp³-hybridized carbons (Fsp3) is 0.800. The quantitative estimate of drug-likeness (QED) is 0.687. The summed E-state index contributed by atoms with van der Waals surface area (Å²) in [6, 6.07) is -0.0695. The topological polar surface area (TPSA) is 108 Å². The zero-order valence-corrected chi connectivity index (χ0v) is 16.7. The lowest BCUT2D eigenvalue weighted by Crippen LogP contribution is -2.50. The molecule has 3 fully saturated rings. The Labute approximate surface area is 164 Å². The van der Waals surface area contributed by atoms with Crippen molar-refractivity contribution < 1.29 is 33.4 Å². The van der Waals surface area contributed by atoms with Gasteiger partial charge in [-0.1, -0.05) is 20.8 Å². The molecule has 1 saturated carbocycles. The van der Waals surface area contributed by atoms with Crippen molar-refractivity contribution in [2.75, 3.05) is 6.61 Å². The molecule has 0 bridgehead atoms. The van der Waals surface area contributed by atoms with Crippen LogP contribution in [-0.4, -0.2) is 48.7 Å². The van der Waals surface area contributed by atoms with E-state index in [-0.39, 0.29) is 41.1 Å². The van der Waals surface area contributed by atoms with Crippen LogP contribution in [0.1, 0.15) is 65.7 Å². The first-order valence-electron chi connectivity index (χ1n) is 9.91. The summed E-state index contributed by atoms with van der Waals surface area (Å²) in [7, 11) is 0. The number of hydrogen-bond donors (Lipinski definition) is 1. The van der Waals surface area contributed by atoms with Crippen molar-refractivity contribution in [3.63, 3.8) is 0 Å². The molecule has 0 radical (unpaired) electrons.